The molecular weight excluding hydrogens is 561 g/mol. The Labute approximate surface area is 239 Å². The fraction of sp³-hybridized carbons (Fsp3) is 0.276. The number of alkyl halides is 3. The molecule has 0 spiro atoms. The van der Waals surface area contributed by atoms with Crippen molar-refractivity contribution in [3.05, 3.63) is 82.4 Å². The van der Waals surface area contributed by atoms with Crippen LogP contribution in [0.2, 0.25) is 5.02 Å². The van der Waals surface area contributed by atoms with E-state index in [0.717, 1.165) is 5.56 Å². The number of oxime groups is 1. The minimum absolute atomic E-state index is 0.142. The number of nitriles is 1. The van der Waals surface area contributed by atoms with Crippen molar-refractivity contribution < 1.29 is 32.3 Å². The van der Waals surface area contributed by atoms with Gasteiger partial charge in [-0.05, 0) is 54.8 Å². The SMILES string of the molecule is COc1cc(NC(C(=O)N2CCc3ccc(OC(F)(F)F)cc32)c2ccc(Cl)cc2)cc(/C(C)=N/OCCC#N)c1. The number of benzene rings is 3. The van der Waals surface area contributed by atoms with Gasteiger partial charge in [0.15, 0.2) is 0 Å². The summed E-state index contributed by atoms with van der Waals surface area (Å²) in [5.74, 6) is -0.305. The van der Waals surface area contributed by atoms with Gasteiger partial charge in [0.05, 0.1) is 31.0 Å². The van der Waals surface area contributed by atoms with E-state index in [2.05, 4.69) is 15.2 Å². The first-order valence-corrected chi connectivity index (χ1v) is 12.9. The zero-order chi connectivity index (χ0) is 29.6. The summed E-state index contributed by atoms with van der Waals surface area (Å²) in [5.41, 5.74) is 3.35. The predicted octanol–water partition coefficient (Wildman–Crippen LogP) is 6.64. The number of rotatable bonds is 10. The van der Waals surface area contributed by atoms with E-state index in [4.69, 9.17) is 26.4 Å². The van der Waals surface area contributed by atoms with Gasteiger partial charge in [0, 0.05) is 35.0 Å². The number of amides is 1. The highest BCUT2D eigenvalue weighted by Gasteiger charge is 2.34. The molecule has 214 valence electrons. The van der Waals surface area contributed by atoms with Crippen molar-refractivity contribution in [2.45, 2.75) is 32.2 Å². The molecule has 1 atom stereocenters. The van der Waals surface area contributed by atoms with E-state index >= 15 is 0 Å². The van der Waals surface area contributed by atoms with Gasteiger partial charge < -0.3 is 24.5 Å². The van der Waals surface area contributed by atoms with Gasteiger partial charge in [-0.2, -0.15) is 5.26 Å². The number of carbonyl (C=O) groups is 1. The average Bonchev–Trinajstić information content (AvgIpc) is 3.36. The third-order valence-corrected chi connectivity index (χ3v) is 6.53. The van der Waals surface area contributed by atoms with Crippen LogP contribution >= 0.6 is 11.6 Å². The summed E-state index contributed by atoms with van der Waals surface area (Å²) in [6.07, 6.45) is -4.19. The van der Waals surface area contributed by atoms with E-state index in [1.807, 2.05) is 6.07 Å². The van der Waals surface area contributed by atoms with Gasteiger partial charge in [-0.25, -0.2) is 0 Å². The molecule has 1 heterocycles. The van der Waals surface area contributed by atoms with Crippen molar-refractivity contribution in [2.75, 3.05) is 30.5 Å². The third-order valence-electron chi connectivity index (χ3n) is 6.28. The number of ether oxygens (including phenoxy) is 2. The van der Waals surface area contributed by atoms with Crippen LogP contribution in [0.5, 0.6) is 11.5 Å². The van der Waals surface area contributed by atoms with Crippen LogP contribution in [0.1, 0.15) is 36.1 Å². The number of anilines is 2. The summed E-state index contributed by atoms with van der Waals surface area (Å²) in [7, 11) is 1.50. The minimum atomic E-state index is -4.86. The van der Waals surface area contributed by atoms with Crippen molar-refractivity contribution in [3.63, 3.8) is 0 Å². The number of carbonyl (C=O) groups excluding carboxylic acids is 1. The lowest BCUT2D eigenvalue weighted by Crippen LogP contribution is -2.37. The van der Waals surface area contributed by atoms with E-state index in [9.17, 15) is 18.0 Å². The first-order valence-electron chi connectivity index (χ1n) is 12.5. The van der Waals surface area contributed by atoms with Crippen LogP contribution in [-0.4, -0.2) is 38.2 Å². The monoisotopic (exact) mass is 586 g/mol. The Morgan fingerprint density at radius 1 is 1.15 bits per heavy atom. The number of hydrogen-bond donors (Lipinski definition) is 1. The van der Waals surface area contributed by atoms with Gasteiger partial charge >= 0.3 is 6.36 Å². The summed E-state index contributed by atoms with van der Waals surface area (Å²) < 4.78 is 48.1. The number of nitrogens with zero attached hydrogens (tertiary/aromatic N) is 3. The lowest BCUT2D eigenvalue weighted by molar-refractivity contribution is -0.274. The first kappa shape index (κ1) is 29.6. The van der Waals surface area contributed by atoms with Gasteiger partial charge in [-0.3, -0.25) is 4.79 Å². The Morgan fingerprint density at radius 3 is 2.59 bits per heavy atom. The molecule has 0 saturated heterocycles. The molecule has 12 heteroatoms. The number of halogens is 4. The predicted molar refractivity (Wildman–Crippen MR) is 148 cm³/mol. The molecule has 0 aliphatic carbocycles. The second kappa shape index (κ2) is 12.8. The second-order valence-corrected chi connectivity index (χ2v) is 9.51. The van der Waals surface area contributed by atoms with Crippen LogP contribution in [0.25, 0.3) is 0 Å². The zero-order valence-electron chi connectivity index (χ0n) is 22.2. The van der Waals surface area contributed by atoms with Crippen LogP contribution in [0.4, 0.5) is 24.5 Å². The van der Waals surface area contributed by atoms with Crippen molar-refractivity contribution in [1.82, 2.24) is 0 Å². The van der Waals surface area contributed by atoms with Crippen LogP contribution in [0, 0.1) is 11.3 Å². The van der Waals surface area contributed by atoms with Crippen molar-refractivity contribution >= 4 is 34.6 Å². The molecule has 0 radical (unpaired) electrons. The molecule has 0 saturated carbocycles. The molecule has 41 heavy (non-hydrogen) atoms. The summed E-state index contributed by atoms with van der Waals surface area (Å²) in [6, 6.07) is 17.0. The largest absolute Gasteiger partial charge is 0.573 e. The van der Waals surface area contributed by atoms with Crippen molar-refractivity contribution in [1.29, 1.82) is 5.26 Å². The van der Waals surface area contributed by atoms with E-state index in [0.29, 0.717) is 45.4 Å². The lowest BCUT2D eigenvalue weighted by Gasteiger charge is -2.27. The smallest absolute Gasteiger partial charge is 0.497 e. The van der Waals surface area contributed by atoms with E-state index in [-0.39, 0.29) is 25.5 Å². The molecular formula is C29H26ClF3N4O4. The Balaban J connectivity index is 1.68. The quantitative estimate of drug-likeness (QED) is 0.162. The summed E-state index contributed by atoms with van der Waals surface area (Å²) >= 11 is 6.10. The van der Waals surface area contributed by atoms with E-state index in [1.54, 1.807) is 49.4 Å². The molecule has 4 rings (SSSR count). The normalized spacial score (nSPS) is 13.7. The van der Waals surface area contributed by atoms with Crippen molar-refractivity contribution in [3.8, 4) is 17.6 Å². The van der Waals surface area contributed by atoms with Gasteiger partial charge in [-0.15, -0.1) is 13.2 Å². The van der Waals surface area contributed by atoms with Crippen LogP contribution < -0.4 is 19.7 Å². The van der Waals surface area contributed by atoms with Crippen LogP contribution in [0.15, 0.2) is 65.8 Å². The lowest BCUT2D eigenvalue weighted by atomic mass is 10.0. The van der Waals surface area contributed by atoms with Gasteiger partial charge in [0.1, 0.15) is 24.1 Å². The fourth-order valence-electron chi connectivity index (χ4n) is 4.35. The Hall–Kier alpha value is -4.43. The molecule has 0 fully saturated rings. The fourth-order valence-corrected chi connectivity index (χ4v) is 4.47. The highest BCUT2D eigenvalue weighted by molar-refractivity contribution is 6.30. The molecule has 0 aromatic heterocycles. The molecule has 8 nitrogen and oxygen atoms in total. The number of nitrogens with one attached hydrogen (secondary N) is 1. The highest BCUT2D eigenvalue weighted by atomic mass is 35.5. The molecule has 1 amide bonds. The van der Waals surface area contributed by atoms with Crippen LogP contribution in [-0.2, 0) is 16.1 Å². The number of methoxy groups -OCH3 is 1. The van der Waals surface area contributed by atoms with E-state index < -0.39 is 18.2 Å². The Morgan fingerprint density at radius 2 is 1.90 bits per heavy atom. The van der Waals surface area contributed by atoms with Crippen LogP contribution in [0.3, 0.4) is 0 Å². The molecule has 1 unspecified atom stereocenters. The molecule has 1 aliphatic rings. The number of fused-ring (bicyclic) bond motifs is 1. The van der Waals surface area contributed by atoms with E-state index in [1.165, 1.54) is 30.2 Å². The van der Waals surface area contributed by atoms with Crippen molar-refractivity contribution in [2.24, 2.45) is 5.16 Å². The molecule has 0 bridgehead atoms. The highest BCUT2D eigenvalue weighted by Crippen LogP contribution is 2.36. The zero-order valence-corrected chi connectivity index (χ0v) is 22.9. The van der Waals surface area contributed by atoms with Gasteiger partial charge in [0.2, 0.25) is 0 Å². The van der Waals surface area contributed by atoms with Gasteiger partial charge in [-0.1, -0.05) is 35.0 Å². The minimum Gasteiger partial charge on any atom is -0.497 e. The molecule has 1 N–H and O–H groups in total. The molecule has 3 aromatic carbocycles. The number of hydrogen-bond acceptors (Lipinski definition) is 7. The standard InChI is InChI=1S/C29H26ClF3N4O4/c1-18(36-40-13-3-11-34)21-14-23(16-25(15-21)39-2)35-27(20-4-7-22(30)8-5-20)28(38)37-12-10-19-6-9-24(17-26(19)37)41-29(31,32)33/h4-9,14-17,27,35H,3,10,12-13H2,1-2H3/b36-18+. The molecule has 1 aliphatic heterocycles. The maximum atomic E-state index is 14.0. The maximum absolute atomic E-state index is 14.0. The second-order valence-electron chi connectivity index (χ2n) is 9.08. The Kier molecular flexibility index (Phi) is 9.24. The first-order chi connectivity index (χ1) is 19.6. The summed E-state index contributed by atoms with van der Waals surface area (Å²) in [5, 5.41) is 16.5. The average molecular weight is 587 g/mol. The molecule has 3 aromatic rings. The van der Waals surface area contributed by atoms with Gasteiger partial charge in [0.25, 0.3) is 5.91 Å². The maximum Gasteiger partial charge on any atom is 0.573 e. The summed E-state index contributed by atoms with van der Waals surface area (Å²) in [6.45, 7) is 2.15. The summed E-state index contributed by atoms with van der Waals surface area (Å²) in [4.78, 5) is 20.7. The third kappa shape index (κ3) is 7.61. The Bertz CT molecular complexity index is 1470. The topological polar surface area (TPSA) is 96.2 Å².